The normalized spacial score (nSPS) is 30.9. The molecule has 4 rings (SSSR count). The number of esters is 3. The molecule has 7 heteroatoms. The smallest absolute Gasteiger partial charge is 0.334 e. The van der Waals surface area contributed by atoms with Crippen molar-refractivity contribution in [3.05, 3.63) is 63.9 Å². The summed E-state index contributed by atoms with van der Waals surface area (Å²) >= 11 is 1.51. The highest BCUT2D eigenvalue weighted by molar-refractivity contribution is 7.10. The van der Waals surface area contributed by atoms with Crippen LogP contribution in [0.15, 0.2) is 59.0 Å². The Balaban J connectivity index is 1.61. The Morgan fingerprint density at radius 2 is 2.07 bits per heavy atom. The lowest BCUT2D eigenvalue weighted by Gasteiger charge is -2.25. The molecule has 2 aliphatic heterocycles. The number of carbonyl (C=O) groups excluding carboxylic acids is 3. The van der Waals surface area contributed by atoms with Crippen LogP contribution in [0, 0.1) is 5.92 Å². The lowest BCUT2D eigenvalue weighted by Crippen LogP contribution is -2.32. The zero-order chi connectivity index (χ0) is 20.5. The molecule has 0 amide bonds. The molecule has 4 atom stereocenters. The second kappa shape index (κ2) is 7.83. The number of carbonyl (C=O) groups is 3. The first-order chi connectivity index (χ1) is 13.9. The summed E-state index contributed by atoms with van der Waals surface area (Å²) in [6, 6.07) is 3.79. The van der Waals surface area contributed by atoms with Crippen molar-refractivity contribution in [2.45, 2.75) is 38.1 Å². The van der Waals surface area contributed by atoms with Crippen LogP contribution in [-0.2, 0) is 28.6 Å². The Bertz CT molecular complexity index is 952. The van der Waals surface area contributed by atoms with Crippen molar-refractivity contribution in [2.24, 2.45) is 5.92 Å². The second-order valence-corrected chi connectivity index (χ2v) is 8.28. The van der Waals surface area contributed by atoms with Gasteiger partial charge in [0.2, 0.25) is 0 Å². The van der Waals surface area contributed by atoms with Gasteiger partial charge in [-0.25, -0.2) is 14.4 Å². The van der Waals surface area contributed by atoms with E-state index < -0.39 is 36.0 Å². The summed E-state index contributed by atoms with van der Waals surface area (Å²) in [7, 11) is 0. The van der Waals surface area contributed by atoms with Crippen molar-refractivity contribution in [1.82, 2.24) is 0 Å². The third-order valence-electron chi connectivity index (χ3n) is 5.16. The molecule has 1 aliphatic carbocycles. The summed E-state index contributed by atoms with van der Waals surface area (Å²) in [4.78, 5) is 37.7. The van der Waals surface area contributed by atoms with Crippen molar-refractivity contribution < 1.29 is 28.6 Å². The highest BCUT2D eigenvalue weighted by Gasteiger charge is 2.46. The van der Waals surface area contributed by atoms with Crippen molar-refractivity contribution in [1.29, 1.82) is 0 Å². The molecule has 2 bridgehead atoms. The van der Waals surface area contributed by atoms with Crippen LogP contribution in [0.1, 0.15) is 24.6 Å². The van der Waals surface area contributed by atoms with Crippen LogP contribution >= 0.6 is 11.3 Å². The number of rotatable bonds is 3. The van der Waals surface area contributed by atoms with Gasteiger partial charge in [-0.05, 0) is 36.6 Å². The van der Waals surface area contributed by atoms with Crippen molar-refractivity contribution >= 4 is 35.3 Å². The maximum atomic E-state index is 12.5. The zero-order valence-electron chi connectivity index (χ0n) is 15.8. The van der Waals surface area contributed by atoms with E-state index >= 15 is 0 Å². The number of ether oxygens (including phenoxy) is 3. The third-order valence-corrected chi connectivity index (χ3v) is 5.99. The Morgan fingerprint density at radius 3 is 2.83 bits per heavy atom. The van der Waals surface area contributed by atoms with E-state index in [0.29, 0.717) is 12.0 Å². The molecule has 0 spiro atoms. The molecule has 1 saturated heterocycles. The van der Waals surface area contributed by atoms with Gasteiger partial charge in [-0.1, -0.05) is 18.2 Å². The molecule has 3 aliphatic rings. The SMILES string of the molecule is C=C1C(=O)O[C@H]2CC3=C[C@H](C/C(C)=C/[C@@H](OC(=O)/C=C/c4cccs4)[C@H]12)OC3=O. The van der Waals surface area contributed by atoms with Gasteiger partial charge in [-0.15, -0.1) is 11.3 Å². The Kier molecular flexibility index (Phi) is 5.24. The van der Waals surface area contributed by atoms with Crippen LogP contribution in [0.5, 0.6) is 0 Å². The van der Waals surface area contributed by atoms with Gasteiger partial charge in [0.25, 0.3) is 0 Å². The molecule has 0 saturated carbocycles. The van der Waals surface area contributed by atoms with E-state index in [1.165, 1.54) is 17.4 Å². The predicted molar refractivity (Wildman–Crippen MR) is 107 cm³/mol. The molecule has 29 heavy (non-hydrogen) atoms. The summed E-state index contributed by atoms with van der Waals surface area (Å²) in [5, 5.41) is 1.92. The fourth-order valence-electron chi connectivity index (χ4n) is 3.82. The molecule has 0 unspecified atom stereocenters. The van der Waals surface area contributed by atoms with E-state index in [0.717, 1.165) is 10.5 Å². The first-order valence-electron chi connectivity index (χ1n) is 9.31. The van der Waals surface area contributed by atoms with Gasteiger partial charge in [0.1, 0.15) is 18.3 Å². The van der Waals surface area contributed by atoms with Gasteiger partial charge < -0.3 is 14.2 Å². The van der Waals surface area contributed by atoms with Crippen molar-refractivity contribution in [2.75, 3.05) is 0 Å². The highest BCUT2D eigenvalue weighted by atomic mass is 32.1. The topological polar surface area (TPSA) is 78.9 Å². The number of hydrogen-bond acceptors (Lipinski definition) is 7. The largest absolute Gasteiger partial charge is 0.458 e. The van der Waals surface area contributed by atoms with Crippen LogP contribution in [0.25, 0.3) is 6.08 Å². The van der Waals surface area contributed by atoms with Gasteiger partial charge in [0, 0.05) is 34.9 Å². The summed E-state index contributed by atoms with van der Waals surface area (Å²) in [5.74, 6) is -2.03. The van der Waals surface area contributed by atoms with Crippen LogP contribution in [0.4, 0.5) is 0 Å². The van der Waals surface area contributed by atoms with Crippen LogP contribution in [-0.4, -0.2) is 36.2 Å². The van der Waals surface area contributed by atoms with Crippen LogP contribution < -0.4 is 0 Å². The monoisotopic (exact) mass is 412 g/mol. The molecule has 3 heterocycles. The average molecular weight is 412 g/mol. The van der Waals surface area contributed by atoms with Crippen molar-refractivity contribution in [3.63, 3.8) is 0 Å². The van der Waals surface area contributed by atoms with Gasteiger partial charge in [0.05, 0.1) is 5.92 Å². The quantitative estimate of drug-likeness (QED) is 0.328. The molecular formula is C22H20O6S. The predicted octanol–water partition coefficient (Wildman–Crippen LogP) is 3.36. The fourth-order valence-corrected chi connectivity index (χ4v) is 4.44. The fraction of sp³-hybridized carbons (Fsp3) is 0.318. The molecule has 0 N–H and O–H groups in total. The third kappa shape index (κ3) is 4.10. The Morgan fingerprint density at radius 1 is 1.24 bits per heavy atom. The van der Waals surface area contributed by atoms with Crippen molar-refractivity contribution in [3.8, 4) is 0 Å². The molecule has 1 fully saturated rings. The maximum Gasteiger partial charge on any atom is 0.334 e. The van der Waals surface area contributed by atoms with E-state index in [1.54, 1.807) is 18.2 Å². The minimum absolute atomic E-state index is 0.205. The van der Waals surface area contributed by atoms with Crippen LogP contribution in [0.3, 0.4) is 0 Å². The van der Waals surface area contributed by atoms with E-state index in [4.69, 9.17) is 14.2 Å². The number of thiophene rings is 1. The molecule has 150 valence electrons. The van der Waals surface area contributed by atoms with E-state index in [1.807, 2.05) is 24.4 Å². The minimum Gasteiger partial charge on any atom is -0.458 e. The molecular weight excluding hydrogens is 392 g/mol. The molecule has 0 aromatic carbocycles. The van der Waals surface area contributed by atoms with E-state index in [2.05, 4.69) is 6.58 Å². The zero-order valence-corrected chi connectivity index (χ0v) is 16.6. The van der Waals surface area contributed by atoms with Gasteiger partial charge in [0.15, 0.2) is 0 Å². The maximum absolute atomic E-state index is 12.5. The lowest BCUT2D eigenvalue weighted by molar-refractivity contribution is -0.145. The summed E-state index contributed by atoms with van der Waals surface area (Å²) < 4.78 is 16.5. The summed E-state index contributed by atoms with van der Waals surface area (Å²) in [6.45, 7) is 5.72. The standard InChI is InChI=1S/C22H20O6S/c1-12-8-15-10-14(22(25)26-15)11-18-20(13(2)21(24)28-18)17(9-12)27-19(23)6-5-16-4-3-7-29-16/h3-7,9-10,15,17-18,20H,2,8,11H2,1H3/b6-5+,12-9+/t15-,17+,18-,20-/m0/s1. The lowest BCUT2D eigenvalue weighted by atomic mass is 9.85. The van der Waals surface area contributed by atoms with E-state index in [9.17, 15) is 14.4 Å². The van der Waals surface area contributed by atoms with Gasteiger partial charge in [-0.3, -0.25) is 0 Å². The van der Waals surface area contributed by atoms with E-state index in [-0.39, 0.29) is 18.1 Å². The molecule has 6 nitrogen and oxygen atoms in total. The Hall–Kier alpha value is -2.93. The van der Waals surface area contributed by atoms with Crippen LogP contribution in [0.2, 0.25) is 0 Å². The summed E-state index contributed by atoms with van der Waals surface area (Å²) in [6.07, 6.45) is 5.59. The number of fused-ring (bicyclic) bond motifs is 2. The Labute approximate surface area is 172 Å². The first-order valence-corrected chi connectivity index (χ1v) is 10.2. The molecule has 0 radical (unpaired) electrons. The minimum atomic E-state index is -0.729. The first kappa shape index (κ1) is 19.4. The van der Waals surface area contributed by atoms with Gasteiger partial charge >= 0.3 is 17.9 Å². The highest BCUT2D eigenvalue weighted by Crippen LogP contribution is 2.38. The molecule has 1 aromatic heterocycles. The van der Waals surface area contributed by atoms with Gasteiger partial charge in [-0.2, -0.15) is 0 Å². The summed E-state index contributed by atoms with van der Waals surface area (Å²) in [5.41, 5.74) is 1.60. The average Bonchev–Trinajstić information content (AvgIpc) is 3.35. The molecule has 1 aromatic rings. The number of hydrogen-bond donors (Lipinski definition) is 0. The second-order valence-electron chi connectivity index (χ2n) is 7.30.